The van der Waals surface area contributed by atoms with E-state index in [2.05, 4.69) is 38.2 Å². The van der Waals surface area contributed by atoms with Crippen molar-refractivity contribution in [1.29, 1.82) is 0 Å². The number of amides is 1. The van der Waals surface area contributed by atoms with Gasteiger partial charge in [-0.2, -0.15) is 0 Å². The molecule has 0 radical (unpaired) electrons. The van der Waals surface area contributed by atoms with Crippen LogP contribution in [0.1, 0.15) is 124 Å². The van der Waals surface area contributed by atoms with Gasteiger partial charge in [0.1, 0.15) is 11.8 Å². The third-order valence-electron chi connectivity index (χ3n) is 6.65. The number of rotatable bonds is 20. The van der Waals surface area contributed by atoms with Gasteiger partial charge in [-0.05, 0) is 44.3 Å². The molecule has 2 N–H and O–H groups in total. The van der Waals surface area contributed by atoms with Gasteiger partial charge in [-0.1, -0.05) is 103 Å². The predicted molar refractivity (Wildman–Crippen MR) is 145 cm³/mol. The van der Waals surface area contributed by atoms with Crippen LogP contribution in [0.4, 0.5) is 0 Å². The van der Waals surface area contributed by atoms with Gasteiger partial charge < -0.3 is 15.2 Å². The molecule has 1 rings (SSSR count). The normalized spacial score (nSPS) is 18.4. The van der Waals surface area contributed by atoms with Crippen LogP contribution >= 0.6 is 0 Å². The minimum Gasteiger partial charge on any atom is -0.508 e. The minimum atomic E-state index is -0.706. The van der Waals surface area contributed by atoms with Crippen molar-refractivity contribution >= 4 is 11.9 Å². The molecule has 35 heavy (non-hydrogen) atoms. The summed E-state index contributed by atoms with van der Waals surface area (Å²) in [4.78, 5) is 25.7. The highest BCUT2D eigenvalue weighted by molar-refractivity contribution is 5.84. The van der Waals surface area contributed by atoms with Crippen molar-refractivity contribution in [3.05, 3.63) is 36.1 Å². The van der Waals surface area contributed by atoms with E-state index in [9.17, 15) is 14.7 Å². The molecule has 1 unspecified atom stereocenters. The fourth-order valence-corrected chi connectivity index (χ4v) is 4.37. The second kappa shape index (κ2) is 19.2. The number of carbonyl (C=O) groups excluding carboxylic acids is 2. The van der Waals surface area contributed by atoms with Gasteiger partial charge in [-0.25, -0.2) is 4.79 Å². The molecule has 0 aliphatic heterocycles. The maximum absolute atomic E-state index is 13.1. The lowest BCUT2D eigenvalue weighted by Crippen LogP contribution is -2.45. The smallest absolute Gasteiger partial charge is 0.328 e. The molecule has 1 amide bonds. The van der Waals surface area contributed by atoms with E-state index in [1.54, 1.807) is 12.2 Å². The number of aliphatic hydroxyl groups is 1. The monoisotopic (exact) mass is 489 g/mol. The molecule has 0 aromatic carbocycles. The van der Waals surface area contributed by atoms with Gasteiger partial charge >= 0.3 is 5.97 Å². The van der Waals surface area contributed by atoms with Crippen LogP contribution in [0.5, 0.6) is 0 Å². The van der Waals surface area contributed by atoms with E-state index < -0.39 is 11.5 Å². The number of aliphatic hydroxyl groups excluding tert-OH is 1. The molecule has 0 fully saturated rings. The van der Waals surface area contributed by atoms with Crippen LogP contribution < -0.4 is 5.32 Å². The first-order valence-corrected chi connectivity index (χ1v) is 14.2. The van der Waals surface area contributed by atoms with Crippen molar-refractivity contribution in [2.75, 3.05) is 6.61 Å². The maximum atomic E-state index is 13.1. The first kappa shape index (κ1) is 31.0. The van der Waals surface area contributed by atoms with Gasteiger partial charge in [0.15, 0.2) is 0 Å². The summed E-state index contributed by atoms with van der Waals surface area (Å²) in [6.45, 7) is 6.88. The summed E-state index contributed by atoms with van der Waals surface area (Å²) in [7, 11) is 0. The molecule has 0 aromatic heterocycles. The maximum Gasteiger partial charge on any atom is 0.328 e. The van der Waals surface area contributed by atoms with Gasteiger partial charge in [0.2, 0.25) is 5.91 Å². The summed E-state index contributed by atoms with van der Waals surface area (Å²) in [6.07, 6.45) is 25.3. The number of unbranched alkanes of at least 4 members (excludes halogenated alkanes) is 10. The molecule has 1 aliphatic carbocycles. The van der Waals surface area contributed by atoms with E-state index in [0.717, 1.165) is 51.4 Å². The van der Waals surface area contributed by atoms with Crippen LogP contribution in [0.25, 0.3) is 0 Å². The van der Waals surface area contributed by atoms with Gasteiger partial charge in [-0.15, -0.1) is 0 Å². The minimum absolute atomic E-state index is 0.0976. The number of ether oxygens (including phenoxy) is 1. The Hall–Kier alpha value is -2.04. The molecule has 2 atom stereocenters. The van der Waals surface area contributed by atoms with Crippen molar-refractivity contribution in [3.63, 3.8) is 0 Å². The largest absolute Gasteiger partial charge is 0.508 e. The SMILES string of the molecule is CCCCC=CC1(C[C@H](NC(=O)CCCCC)C(=O)OCCCCCCCCC)C=CC(O)=CC1. The molecule has 0 heterocycles. The molecule has 0 bridgehead atoms. The highest BCUT2D eigenvalue weighted by Crippen LogP contribution is 2.36. The molecule has 0 spiro atoms. The highest BCUT2D eigenvalue weighted by Gasteiger charge is 2.34. The first-order valence-electron chi connectivity index (χ1n) is 14.2. The fraction of sp³-hybridized carbons (Fsp3) is 0.733. The lowest BCUT2D eigenvalue weighted by molar-refractivity contribution is -0.148. The summed E-state index contributed by atoms with van der Waals surface area (Å²) in [5.74, 6) is -0.211. The van der Waals surface area contributed by atoms with E-state index in [1.165, 1.54) is 32.1 Å². The third-order valence-corrected chi connectivity index (χ3v) is 6.65. The zero-order valence-electron chi connectivity index (χ0n) is 22.7. The summed E-state index contributed by atoms with van der Waals surface area (Å²) in [6, 6.07) is -0.706. The molecular weight excluding hydrogens is 438 g/mol. The van der Waals surface area contributed by atoms with Crippen molar-refractivity contribution in [1.82, 2.24) is 5.32 Å². The average Bonchev–Trinajstić information content (AvgIpc) is 2.85. The Bertz CT molecular complexity index is 682. The second-order valence-electron chi connectivity index (χ2n) is 10.0. The Morgan fingerprint density at radius 1 is 1.00 bits per heavy atom. The number of esters is 1. The molecular formula is C30H51NO4. The summed E-state index contributed by atoms with van der Waals surface area (Å²) in [5, 5.41) is 12.9. The number of allylic oxidation sites excluding steroid dienone is 5. The number of hydrogen-bond acceptors (Lipinski definition) is 4. The number of nitrogens with one attached hydrogen (secondary N) is 1. The zero-order chi connectivity index (χ0) is 25.8. The van der Waals surface area contributed by atoms with Crippen LogP contribution in [0.3, 0.4) is 0 Å². The van der Waals surface area contributed by atoms with E-state index in [1.807, 2.05) is 6.08 Å². The fourth-order valence-electron chi connectivity index (χ4n) is 4.37. The van der Waals surface area contributed by atoms with E-state index >= 15 is 0 Å². The Kier molecular flexibility index (Phi) is 17.0. The summed E-state index contributed by atoms with van der Waals surface area (Å²) >= 11 is 0. The topological polar surface area (TPSA) is 75.6 Å². The quantitative estimate of drug-likeness (QED) is 0.104. The zero-order valence-corrected chi connectivity index (χ0v) is 22.7. The second-order valence-corrected chi connectivity index (χ2v) is 10.0. The lowest BCUT2D eigenvalue weighted by atomic mass is 9.75. The lowest BCUT2D eigenvalue weighted by Gasteiger charge is -2.32. The van der Waals surface area contributed by atoms with Crippen LogP contribution in [0.15, 0.2) is 36.1 Å². The Labute approximate surface area is 214 Å². The van der Waals surface area contributed by atoms with Gasteiger partial charge in [0.25, 0.3) is 0 Å². The van der Waals surface area contributed by atoms with E-state index in [-0.39, 0.29) is 17.6 Å². The van der Waals surface area contributed by atoms with Crippen molar-refractivity contribution < 1.29 is 19.4 Å². The first-order chi connectivity index (χ1) is 17.0. The Morgan fingerprint density at radius 3 is 2.31 bits per heavy atom. The molecule has 0 aromatic rings. The molecule has 5 nitrogen and oxygen atoms in total. The average molecular weight is 490 g/mol. The van der Waals surface area contributed by atoms with Crippen molar-refractivity contribution in [2.45, 2.75) is 130 Å². The van der Waals surface area contributed by atoms with Gasteiger partial charge in [-0.3, -0.25) is 4.79 Å². The molecule has 200 valence electrons. The summed E-state index contributed by atoms with van der Waals surface area (Å²) in [5.41, 5.74) is -0.431. The Balaban J connectivity index is 2.79. The molecule has 0 saturated heterocycles. The van der Waals surface area contributed by atoms with E-state index in [4.69, 9.17) is 4.74 Å². The molecule has 5 heteroatoms. The Morgan fingerprint density at radius 2 is 1.66 bits per heavy atom. The molecule has 1 aliphatic rings. The van der Waals surface area contributed by atoms with Crippen LogP contribution in [-0.2, 0) is 14.3 Å². The van der Waals surface area contributed by atoms with Crippen LogP contribution in [0.2, 0.25) is 0 Å². The standard InChI is InChI=1S/C30H51NO4/c1-4-7-10-12-13-14-17-24-35-29(34)27(31-28(33)18-15-9-6-3)25-30(21-16-11-8-5-2)22-19-26(32)20-23-30/h16,19-22,27,32H,4-15,17-18,23-25H2,1-3H3,(H,31,33)/t27-,30?/m0/s1. The third kappa shape index (κ3) is 14.2. The number of hydrogen-bond donors (Lipinski definition) is 2. The highest BCUT2D eigenvalue weighted by atomic mass is 16.5. The van der Waals surface area contributed by atoms with Gasteiger partial charge in [0.05, 0.1) is 6.61 Å². The van der Waals surface area contributed by atoms with Crippen LogP contribution in [-0.4, -0.2) is 29.6 Å². The van der Waals surface area contributed by atoms with Gasteiger partial charge in [0, 0.05) is 11.8 Å². The summed E-state index contributed by atoms with van der Waals surface area (Å²) < 4.78 is 5.64. The molecule has 0 saturated carbocycles. The van der Waals surface area contributed by atoms with E-state index in [0.29, 0.717) is 25.9 Å². The number of carbonyl (C=O) groups is 2. The van der Waals surface area contributed by atoms with Crippen molar-refractivity contribution in [3.8, 4) is 0 Å². The van der Waals surface area contributed by atoms with Crippen molar-refractivity contribution in [2.24, 2.45) is 5.41 Å². The predicted octanol–water partition coefficient (Wildman–Crippen LogP) is 7.87. The van der Waals surface area contributed by atoms with Crippen LogP contribution in [0, 0.1) is 5.41 Å².